The highest BCUT2D eigenvalue weighted by Gasteiger charge is 2.34. The van der Waals surface area contributed by atoms with Gasteiger partial charge in [-0.15, -0.1) is 0 Å². The van der Waals surface area contributed by atoms with Crippen molar-refractivity contribution >= 4 is 11.4 Å². The van der Waals surface area contributed by atoms with Gasteiger partial charge in [0.25, 0.3) is 0 Å². The molecule has 0 spiro atoms. The molecule has 1 fully saturated rings. The van der Waals surface area contributed by atoms with E-state index < -0.39 is 0 Å². The maximum absolute atomic E-state index is 8.73. The maximum Gasteiger partial charge on any atom is 0.101 e. The highest BCUT2D eigenvalue weighted by Crippen LogP contribution is 2.36. The Hall–Kier alpha value is -1.69. The zero-order valence-electron chi connectivity index (χ0n) is 8.83. The summed E-state index contributed by atoms with van der Waals surface area (Å²) in [6.07, 6.45) is 2.47. The molecule has 2 unspecified atom stereocenters. The van der Waals surface area contributed by atoms with Crippen LogP contribution in [-0.2, 0) is 0 Å². The van der Waals surface area contributed by atoms with Gasteiger partial charge in [-0.3, -0.25) is 0 Å². The molecule has 1 aromatic rings. The van der Waals surface area contributed by atoms with Gasteiger partial charge in [0.05, 0.1) is 11.3 Å². The van der Waals surface area contributed by atoms with Crippen LogP contribution in [0, 0.1) is 17.2 Å². The summed E-state index contributed by atoms with van der Waals surface area (Å²) in [6.45, 7) is 2.21. The Bertz CT molecular complexity index is 406. The Labute approximate surface area is 89.9 Å². The summed E-state index contributed by atoms with van der Waals surface area (Å²) in [6, 6.07) is 8.18. The van der Waals surface area contributed by atoms with Crippen LogP contribution in [0.25, 0.3) is 0 Å². The van der Waals surface area contributed by atoms with E-state index in [2.05, 4.69) is 18.3 Å². The average molecular weight is 201 g/mol. The van der Waals surface area contributed by atoms with Crippen molar-refractivity contribution < 1.29 is 0 Å². The van der Waals surface area contributed by atoms with Gasteiger partial charge in [-0.1, -0.05) is 13.3 Å². The Morgan fingerprint density at radius 1 is 1.60 bits per heavy atom. The van der Waals surface area contributed by atoms with Crippen LogP contribution in [0.5, 0.6) is 0 Å². The van der Waals surface area contributed by atoms with E-state index in [9.17, 15) is 0 Å². The lowest BCUT2D eigenvalue weighted by atomic mass is 10.2. The molecule has 0 amide bonds. The second kappa shape index (κ2) is 3.82. The van der Waals surface area contributed by atoms with E-state index >= 15 is 0 Å². The van der Waals surface area contributed by atoms with Crippen LogP contribution < -0.4 is 11.1 Å². The molecule has 0 radical (unpaired) electrons. The molecule has 15 heavy (non-hydrogen) atoms. The van der Waals surface area contributed by atoms with Gasteiger partial charge in [0, 0.05) is 11.7 Å². The standard InChI is InChI=1S/C12H15N3/c1-2-8-5-12(8)15-10-4-3-9(7-13)11(14)6-10/h3-4,6,8,12,15H,2,5,14H2,1H3. The maximum atomic E-state index is 8.73. The molecular formula is C12H15N3. The predicted molar refractivity (Wildman–Crippen MR) is 61.4 cm³/mol. The van der Waals surface area contributed by atoms with Crippen molar-refractivity contribution in [2.75, 3.05) is 11.1 Å². The SMILES string of the molecule is CCC1CC1Nc1ccc(C#N)c(N)c1. The fourth-order valence-electron chi connectivity index (χ4n) is 1.84. The van der Waals surface area contributed by atoms with E-state index in [1.807, 2.05) is 12.1 Å². The van der Waals surface area contributed by atoms with E-state index in [0.717, 1.165) is 11.6 Å². The van der Waals surface area contributed by atoms with Crippen molar-refractivity contribution in [3.63, 3.8) is 0 Å². The van der Waals surface area contributed by atoms with Gasteiger partial charge in [-0.25, -0.2) is 0 Å². The van der Waals surface area contributed by atoms with E-state index in [1.54, 1.807) is 6.07 Å². The molecule has 1 aliphatic carbocycles. The molecule has 2 atom stereocenters. The summed E-state index contributed by atoms with van der Waals surface area (Å²) in [5.74, 6) is 0.807. The monoisotopic (exact) mass is 201 g/mol. The van der Waals surface area contributed by atoms with Gasteiger partial charge in [0.15, 0.2) is 0 Å². The number of benzene rings is 1. The lowest BCUT2D eigenvalue weighted by molar-refractivity contribution is 0.775. The molecular weight excluding hydrogens is 186 g/mol. The second-order valence-corrected chi connectivity index (χ2v) is 4.07. The molecule has 0 bridgehead atoms. The lowest BCUT2D eigenvalue weighted by Crippen LogP contribution is -2.04. The molecule has 3 N–H and O–H groups in total. The van der Waals surface area contributed by atoms with E-state index in [0.29, 0.717) is 17.3 Å². The largest absolute Gasteiger partial charge is 0.398 e. The molecule has 0 saturated heterocycles. The summed E-state index contributed by atoms with van der Waals surface area (Å²) in [4.78, 5) is 0. The van der Waals surface area contributed by atoms with Crippen LogP contribution in [0.3, 0.4) is 0 Å². The summed E-state index contributed by atoms with van der Waals surface area (Å²) in [7, 11) is 0. The van der Waals surface area contributed by atoms with Crippen LogP contribution in [0.4, 0.5) is 11.4 Å². The van der Waals surface area contributed by atoms with Crippen molar-refractivity contribution in [3.05, 3.63) is 23.8 Å². The number of nitrogen functional groups attached to an aromatic ring is 1. The highest BCUT2D eigenvalue weighted by molar-refractivity contribution is 5.63. The molecule has 1 aromatic carbocycles. The molecule has 0 aliphatic heterocycles. The number of nitrogens with two attached hydrogens (primary N) is 1. The van der Waals surface area contributed by atoms with Crippen molar-refractivity contribution in [1.29, 1.82) is 5.26 Å². The third-order valence-electron chi connectivity index (χ3n) is 2.97. The van der Waals surface area contributed by atoms with Gasteiger partial charge in [0.1, 0.15) is 6.07 Å². The molecule has 3 nitrogen and oxygen atoms in total. The Balaban J connectivity index is 2.05. The first-order valence-electron chi connectivity index (χ1n) is 5.30. The average Bonchev–Trinajstić information content (AvgIpc) is 2.97. The van der Waals surface area contributed by atoms with E-state index in [4.69, 9.17) is 11.0 Å². The first-order chi connectivity index (χ1) is 7.24. The van der Waals surface area contributed by atoms with Gasteiger partial charge < -0.3 is 11.1 Å². The first-order valence-corrected chi connectivity index (χ1v) is 5.30. The predicted octanol–water partition coefficient (Wildman–Crippen LogP) is 2.35. The molecule has 3 heteroatoms. The van der Waals surface area contributed by atoms with Gasteiger partial charge in [-0.05, 0) is 30.5 Å². The van der Waals surface area contributed by atoms with Gasteiger partial charge in [0.2, 0.25) is 0 Å². The quantitative estimate of drug-likeness (QED) is 0.738. The Morgan fingerprint density at radius 3 is 2.93 bits per heavy atom. The molecule has 0 heterocycles. The number of hydrogen-bond acceptors (Lipinski definition) is 3. The Kier molecular flexibility index (Phi) is 2.51. The van der Waals surface area contributed by atoms with E-state index in [-0.39, 0.29) is 0 Å². The number of nitriles is 1. The first kappa shape index (κ1) is 9.85. The van der Waals surface area contributed by atoms with Crippen LogP contribution >= 0.6 is 0 Å². The summed E-state index contributed by atoms with van der Waals surface area (Å²) >= 11 is 0. The van der Waals surface area contributed by atoms with Crippen molar-refractivity contribution in [2.45, 2.75) is 25.8 Å². The number of anilines is 2. The van der Waals surface area contributed by atoms with Crippen LogP contribution in [0.15, 0.2) is 18.2 Å². The normalized spacial score (nSPS) is 23.2. The molecule has 1 aliphatic rings. The summed E-state index contributed by atoms with van der Waals surface area (Å²) in [5.41, 5.74) is 7.85. The zero-order valence-corrected chi connectivity index (χ0v) is 8.83. The molecule has 0 aromatic heterocycles. The lowest BCUT2D eigenvalue weighted by Gasteiger charge is -2.06. The molecule has 2 rings (SSSR count). The molecule has 1 saturated carbocycles. The third kappa shape index (κ3) is 2.04. The van der Waals surface area contributed by atoms with Crippen LogP contribution in [-0.4, -0.2) is 6.04 Å². The van der Waals surface area contributed by atoms with Crippen LogP contribution in [0.2, 0.25) is 0 Å². The van der Waals surface area contributed by atoms with Crippen molar-refractivity contribution in [2.24, 2.45) is 5.92 Å². The number of nitrogens with zero attached hydrogens (tertiary/aromatic N) is 1. The smallest absolute Gasteiger partial charge is 0.101 e. The molecule has 78 valence electrons. The minimum Gasteiger partial charge on any atom is -0.398 e. The highest BCUT2D eigenvalue weighted by atomic mass is 15.0. The summed E-state index contributed by atoms with van der Waals surface area (Å²) < 4.78 is 0. The number of nitrogens with one attached hydrogen (secondary N) is 1. The minimum absolute atomic E-state index is 0.545. The number of hydrogen-bond donors (Lipinski definition) is 2. The van der Waals surface area contributed by atoms with Crippen molar-refractivity contribution in [1.82, 2.24) is 0 Å². The van der Waals surface area contributed by atoms with Gasteiger partial charge >= 0.3 is 0 Å². The Morgan fingerprint density at radius 2 is 2.40 bits per heavy atom. The second-order valence-electron chi connectivity index (χ2n) is 4.07. The van der Waals surface area contributed by atoms with Gasteiger partial charge in [-0.2, -0.15) is 5.26 Å². The zero-order chi connectivity index (χ0) is 10.8. The fourth-order valence-corrected chi connectivity index (χ4v) is 1.84. The third-order valence-corrected chi connectivity index (χ3v) is 2.97. The van der Waals surface area contributed by atoms with E-state index in [1.165, 1.54) is 12.8 Å². The summed E-state index contributed by atoms with van der Waals surface area (Å²) in [5, 5.41) is 12.2. The number of rotatable bonds is 3. The fraction of sp³-hybridized carbons (Fsp3) is 0.417. The van der Waals surface area contributed by atoms with Crippen LogP contribution in [0.1, 0.15) is 25.3 Å². The topological polar surface area (TPSA) is 61.8 Å². The minimum atomic E-state index is 0.545. The van der Waals surface area contributed by atoms with Crippen molar-refractivity contribution in [3.8, 4) is 6.07 Å².